The number of alkyl carbamates (subject to hydrolysis) is 1. The van der Waals surface area contributed by atoms with Crippen molar-refractivity contribution in [2.75, 3.05) is 13.1 Å². The predicted molar refractivity (Wildman–Crippen MR) is 134 cm³/mol. The molecule has 1 aromatic rings. The molecule has 2 aliphatic rings. The van der Waals surface area contributed by atoms with Gasteiger partial charge in [0.15, 0.2) is 0 Å². The number of carbonyl (C=O) groups is 4. The fourth-order valence-electron chi connectivity index (χ4n) is 4.19. The Morgan fingerprint density at radius 1 is 1.00 bits per heavy atom. The zero-order valence-corrected chi connectivity index (χ0v) is 22.0. The van der Waals surface area contributed by atoms with Gasteiger partial charge in [-0.05, 0) is 56.6 Å². The minimum absolute atomic E-state index is 0.381. The van der Waals surface area contributed by atoms with E-state index in [0.29, 0.717) is 32.5 Å². The molecule has 2 atom stereocenters. The molecule has 3 amide bonds. The zero-order chi connectivity index (χ0) is 27.3. The van der Waals surface area contributed by atoms with Crippen molar-refractivity contribution in [3.05, 3.63) is 35.4 Å². The maximum Gasteiger partial charge on any atom is 0.408 e. The highest BCUT2D eigenvalue weighted by molar-refractivity contribution is 5.90. The first kappa shape index (κ1) is 28.9. The van der Waals surface area contributed by atoms with E-state index in [-0.39, 0.29) is 5.91 Å². The summed E-state index contributed by atoms with van der Waals surface area (Å²) in [5.74, 6) is -1.39. The zero-order valence-electron chi connectivity index (χ0n) is 22.0. The molecule has 0 spiro atoms. The second kappa shape index (κ2) is 11.6. The number of likely N-dealkylation sites (tertiary alicyclic amines) is 1. The van der Waals surface area contributed by atoms with E-state index in [2.05, 4.69) is 11.4 Å². The Bertz CT molecular complexity index is 965. The molecule has 0 radical (unpaired) electrons. The first-order valence-electron chi connectivity index (χ1n) is 12.2. The van der Waals surface area contributed by atoms with Crippen LogP contribution in [0.15, 0.2) is 24.3 Å². The van der Waals surface area contributed by atoms with Gasteiger partial charge in [-0.25, -0.2) is 14.4 Å². The van der Waals surface area contributed by atoms with Crippen LogP contribution in [0, 0.1) is 5.41 Å². The van der Waals surface area contributed by atoms with Gasteiger partial charge >= 0.3 is 18.2 Å². The largest absolute Gasteiger partial charge is 0.480 e. The number of amides is 3. The molecule has 0 aliphatic carbocycles. The molecule has 10 heteroatoms. The normalized spacial score (nSPS) is 18.3. The molecule has 36 heavy (non-hydrogen) atoms. The summed E-state index contributed by atoms with van der Waals surface area (Å²) in [4.78, 5) is 49.6. The lowest BCUT2D eigenvalue weighted by atomic mass is 9.85. The third kappa shape index (κ3) is 8.13. The lowest BCUT2D eigenvalue weighted by Crippen LogP contribution is -2.57. The summed E-state index contributed by atoms with van der Waals surface area (Å²) in [6.07, 6.45) is 0.408. The van der Waals surface area contributed by atoms with Crippen molar-refractivity contribution in [3.63, 3.8) is 0 Å². The van der Waals surface area contributed by atoms with Crippen LogP contribution in [0.4, 0.5) is 9.59 Å². The van der Waals surface area contributed by atoms with Gasteiger partial charge in [-0.15, -0.1) is 0 Å². The van der Waals surface area contributed by atoms with Crippen molar-refractivity contribution in [3.8, 4) is 0 Å². The van der Waals surface area contributed by atoms with E-state index in [0.717, 1.165) is 12.0 Å². The molecule has 2 heterocycles. The molecule has 0 saturated carbocycles. The van der Waals surface area contributed by atoms with Crippen LogP contribution < -0.4 is 5.32 Å². The Hall–Kier alpha value is -3.30. The van der Waals surface area contributed by atoms with E-state index in [1.54, 1.807) is 20.8 Å². The summed E-state index contributed by atoms with van der Waals surface area (Å²) < 4.78 is 5.21. The number of carboxylic acid groups (broad SMARTS) is 2. The molecule has 0 bridgehead atoms. The fourth-order valence-corrected chi connectivity index (χ4v) is 4.19. The Labute approximate surface area is 212 Å². The van der Waals surface area contributed by atoms with Crippen molar-refractivity contribution in [2.45, 2.75) is 85.0 Å². The van der Waals surface area contributed by atoms with Gasteiger partial charge < -0.3 is 30.1 Å². The number of rotatable bonds is 3. The summed E-state index contributed by atoms with van der Waals surface area (Å²) in [5, 5.41) is 20.6. The molecular formula is C26H39N3O7. The highest BCUT2D eigenvalue weighted by Crippen LogP contribution is 2.26. The van der Waals surface area contributed by atoms with E-state index in [1.165, 1.54) is 15.4 Å². The minimum atomic E-state index is -1.01. The van der Waals surface area contributed by atoms with Crippen LogP contribution in [0.25, 0.3) is 0 Å². The quantitative estimate of drug-likeness (QED) is 0.569. The number of aliphatic carboxylic acids is 1. The van der Waals surface area contributed by atoms with Crippen LogP contribution in [0.5, 0.6) is 0 Å². The number of benzene rings is 1. The molecule has 200 valence electrons. The summed E-state index contributed by atoms with van der Waals surface area (Å²) >= 11 is 0. The predicted octanol–water partition coefficient (Wildman–Crippen LogP) is 3.72. The Balaban J connectivity index is 0.000000293. The average Bonchev–Trinajstić information content (AvgIpc) is 3.25. The third-order valence-corrected chi connectivity index (χ3v) is 6.00. The topological polar surface area (TPSA) is 136 Å². The van der Waals surface area contributed by atoms with Crippen LogP contribution in [-0.4, -0.2) is 74.9 Å². The van der Waals surface area contributed by atoms with E-state index in [4.69, 9.17) is 9.84 Å². The smallest absolute Gasteiger partial charge is 0.408 e. The van der Waals surface area contributed by atoms with Crippen molar-refractivity contribution in [1.82, 2.24) is 15.1 Å². The molecule has 3 rings (SSSR count). The highest BCUT2D eigenvalue weighted by atomic mass is 16.6. The van der Waals surface area contributed by atoms with Gasteiger partial charge in [0.05, 0.1) is 0 Å². The number of nitrogens with one attached hydrogen (secondary N) is 1. The number of carbonyl (C=O) groups excluding carboxylic acids is 2. The van der Waals surface area contributed by atoms with Crippen LogP contribution in [-0.2, 0) is 27.3 Å². The molecule has 0 aromatic heterocycles. The summed E-state index contributed by atoms with van der Waals surface area (Å²) in [6.45, 7) is 12.2. The Kier molecular flexibility index (Phi) is 9.34. The maximum atomic E-state index is 12.8. The van der Waals surface area contributed by atoms with Gasteiger partial charge in [-0.3, -0.25) is 4.79 Å². The summed E-state index contributed by atoms with van der Waals surface area (Å²) in [5.41, 5.74) is 1.17. The second-order valence-electron chi connectivity index (χ2n) is 11.2. The standard InChI is InChI=1S/C16H28N2O5.C10H11NO2/c1-15(2,3)11(17-14(22)23-16(4,5)6)12(19)18-9-7-8-10(18)13(20)21;12-10(13)11-6-5-8-3-1-2-4-9(8)7-11/h10-11H,7-9H2,1-6H3,(H,17,22)(H,20,21);1-4H,5-7H2,(H,12,13)/t10?,11-;/m1./s1. The van der Waals surface area contributed by atoms with E-state index in [1.807, 2.05) is 39.0 Å². The lowest BCUT2D eigenvalue weighted by Gasteiger charge is -2.35. The van der Waals surface area contributed by atoms with E-state index >= 15 is 0 Å². The van der Waals surface area contributed by atoms with Crippen LogP contribution >= 0.6 is 0 Å². The fraction of sp³-hybridized carbons (Fsp3) is 0.615. The maximum absolute atomic E-state index is 12.8. The molecule has 2 aliphatic heterocycles. The average molecular weight is 506 g/mol. The van der Waals surface area contributed by atoms with Gasteiger partial charge in [0, 0.05) is 19.6 Å². The van der Waals surface area contributed by atoms with Gasteiger partial charge in [0.2, 0.25) is 5.91 Å². The first-order chi connectivity index (χ1) is 16.6. The third-order valence-electron chi connectivity index (χ3n) is 6.00. The van der Waals surface area contributed by atoms with Gasteiger partial charge in [0.25, 0.3) is 0 Å². The monoisotopic (exact) mass is 505 g/mol. The molecule has 10 nitrogen and oxygen atoms in total. The first-order valence-corrected chi connectivity index (χ1v) is 12.2. The van der Waals surface area contributed by atoms with E-state index in [9.17, 15) is 24.3 Å². The van der Waals surface area contributed by atoms with Crippen molar-refractivity contribution < 1.29 is 34.1 Å². The number of nitrogens with zero attached hydrogens (tertiary/aromatic N) is 2. The molecule has 1 aromatic carbocycles. The molecule has 1 fully saturated rings. The van der Waals surface area contributed by atoms with Crippen LogP contribution in [0.2, 0.25) is 0 Å². The van der Waals surface area contributed by atoms with Gasteiger partial charge in [-0.1, -0.05) is 45.0 Å². The molecule has 1 unspecified atom stereocenters. The number of fused-ring (bicyclic) bond motifs is 1. The highest BCUT2D eigenvalue weighted by Gasteiger charge is 2.42. The number of hydrogen-bond donors (Lipinski definition) is 3. The number of hydrogen-bond acceptors (Lipinski definition) is 5. The van der Waals surface area contributed by atoms with Crippen molar-refractivity contribution >= 4 is 24.1 Å². The van der Waals surface area contributed by atoms with Crippen molar-refractivity contribution in [2.24, 2.45) is 5.41 Å². The molecule has 1 saturated heterocycles. The second-order valence-corrected chi connectivity index (χ2v) is 11.2. The Morgan fingerprint density at radius 2 is 1.61 bits per heavy atom. The SMILES string of the molecule is CC(C)(C)OC(=O)N[C@H](C(=O)N1CCCC1C(=O)O)C(C)(C)C.O=C(O)N1CCc2ccccc2C1. The van der Waals surface area contributed by atoms with Gasteiger partial charge in [0.1, 0.15) is 17.7 Å². The van der Waals surface area contributed by atoms with Crippen LogP contribution in [0.1, 0.15) is 65.5 Å². The summed E-state index contributed by atoms with van der Waals surface area (Å²) in [7, 11) is 0. The van der Waals surface area contributed by atoms with Crippen molar-refractivity contribution in [1.29, 1.82) is 0 Å². The summed E-state index contributed by atoms with van der Waals surface area (Å²) in [6, 6.07) is 6.32. The number of ether oxygens (including phenoxy) is 1. The molecule has 3 N–H and O–H groups in total. The lowest BCUT2D eigenvalue weighted by molar-refractivity contribution is -0.150. The number of carboxylic acids is 1. The van der Waals surface area contributed by atoms with Crippen LogP contribution in [0.3, 0.4) is 0 Å². The van der Waals surface area contributed by atoms with E-state index < -0.39 is 41.3 Å². The minimum Gasteiger partial charge on any atom is -0.480 e. The van der Waals surface area contributed by atoms with Gasteiger partial charge in [-0.2, -0.15) is 0 Å². The Morgan fingerprint density at radius 3 is 2.14 bits per heavy atom. The molecular weight excluding hydrogens is 466 g/mol.